The summed E-state index contributed by atoms with van der Waals surface area (Å²) in [5.41, 5.74) is -1.02. The van der Waals surface area contributed by atoms with Gasteiger partial charge in [0.25, 0.3) is 5.91 Å². The molecule has 3 aromatic rings. The Bertz CT molecular complexity index is 2500. The Morgan fingerprint density at radius 2 is 1.76 bits per heavy atom. The molecule has 1 aromatic heterocycles. The van der Waals surface area contributed by atoms with E-state index in [1.54, 1.807) is 57.2 Å². The highest BCUT2D eigenvalue weighted by Gasteiger charge is 2.62. The lowest BCUT2D eigenvalue weighted by molar-refractivity contribution is -0.197. The smallest absolute Gasteiger partial charge is 0.425 e. The molecule has 2 saturated carbocycles. The van der Waals surface area contributed by atoms with Crippen molar-refractivity contribution in [1.82, 2.24) is 25.2 Å². The lowest BCUT2D eigenvalue weighted by Gasteiger charge is -2.33. The third-order valence-electron chi connectivity index (χ3n) is 12.5. The van der Waals surface area contributed by atoms with Crippen LogP contribution in [0.1, 0.15) is 79.6 Å². The molecule has 0 spiro atoms. The summed E-state index contributed by atoms with van der Waals surface area (Å²) < 4.78 is 106. The number of halogens is 4. The molecule has 8 atom stereocenters. The van der Waals surface area contributed by atoms with Crippen molar-refractivity contribution < 1.29 is 64.1 Å². The minimum Gasteiger partial charge on any atom is -0.497 e. The molecule has 1 saturated heterocycles. The lowest BCUT2D eigenvalue weighted by Crippen LogP contribution is -2.59. The van der Waals surface area contributed by atoms with Crippen molar-refractivity contribution in [1.29, 1.82) is 0 Å². The quantitative estimate of drug-likeness (QED) is 0.137. The van der Waals surface area contributed by atoms with Crippen LogP contribution in [0.2, 0.25) is 0 Å². The molecule has 1 unspecified atom stereocenters. The molecule has 358 valence electrons. The Hall–Kier alpha value is -5.66. The number of alkyl carbamates (subject to hydrolysis) is 1. The minimum atomic E-state index is -4.89. The number of aromatic nitrogens is 1. The van der Waals surface area contributed by atoms with Gasteiger partial charge in [-0.15, -0.1) is 0 Å². The molecule has 3 N–H and O–H groups in total. The van der Waals surface area contributed by atoms with Gasteiger partial charge in [0.2, 0.25) is 27.7 Å². The Balaban J connectivity index is 1.26. The van der Waals surface area contributed by atoms with Crippen molar-refractivity contribution >= 4 is 44.6 Å². The summed E-state index contributed by atoms with van der Waals surface area (Å²) in [4.78, 5) is 62.5. The first-order valence-electron chi connectivity index (χ1n) is 22.1. The second-order valence-electron chi connectivity index (χ2n) is 18.2. The van der Waals surface area contributed by atoms with E-state index in [4.69, 9.17) is 19.2 Å². The number of carbonyl (C=O) groups excluding carboxylic acids is 4. The highest BCUT2D eigenvalue weighted by molar-refractivity contribution is 7.91. The summed E-state index contributed by atoms with van der Waals surface area (Å²) in [6, 6.07) is 8.29. The number of pyridine rings is 1. The fourth-order valence-corrected chi connectivity index (χ4v) is 9.99. The lowest BCUT2D eigenvalue weighted by atomic mass is 9.88. The van der Waals surface area contributed by atoms with Crippen LogP contribution in [0.3, 0.4) is 0 Å². The molecule has 2 aromatic carbocycles. The van der Waals surface area contributed by atoms with E-state index in [1.807, 2.05) is 13.0 Å². The number of ether oxygens (including phenoxy) is 4. The van der Waals surface area contributed by atoms with Crippen LogP contribution in [0.5, 0.6) is 17.4 Å². The number of fused-ring (bicyclic) bond motifs is 3. The van der Waals surface area contributed by atoms with Crippen LogP contribution >= 0.6 is 0 Å². The van der Waals surface area contributed by atoms with E-state index in [2.05, 4.69) is 20.1 Å². The average Bonchev–Trinajstić information content (AvgIpc) is 4.17. The molecule has 4 amide bonds. The summed E-state index contributed by atoms with van der Waals surface area (Å²) >= 11 is 0. The first-order chi connectivity index (χ1) is 31.1. The van der Waals surface area contributed by atoms with Crippen LogP contribution in [0, 0.1) is 23.6 Å². The van der Waals surface area contributed by atoms with Gasteiger partial charge in [-0.05, 0) is 119 Å². The van der Waals surface area contributed by atoms with Crippen molar-refractivity contribution in [3.8, 4) is 28.6 Å². The Labute approximate surface area is 380 Å². The summed E-state index contributed by atoms with van der Waals surface area (Å²) in [5, 5.41) is 5.48. The number of alkyl halides is 3. The maximum Gasteiger partial charge on any atom is 0.425 e. The maximum atomic E-state index is 15.3. The molecule has 66 heavy (non-hydrogen) atoms. The van der Waals surface area contributed by atoms with E-state index in [0.29, 0.717) is 66.8 Å². The van der Waals surface area contributed by atoms with Gasteiger partial charge < -0.3 is 34.5 Å². The molecule has 15 nitrogen and oxygen atoms in total. The molecule has 2 aliphatic carbocycles. The van der Waals surface area contributed by atoms with E-state index in [1.165, 1.54) is 19.2 Å². The number of nitrogens with zero attached hydrogens (tertiary/aromatic N) is 2. The van der Waals surface area contributed by atoms with E-state index in [9.17, 15) is 40.8 Å². The third kappa shape index (κ3) is 10.8. The molecule has 0 bridgehead atoms. The second kappa shape index (κ2) is 18.9. The predicted molar refractivity (Wildman–Crippen MR) is 233 cm³/mol. The van der Waals surface area contributed by atoms with Gasteiger partial charge in [-0.2, -0.15) is 13.2 Å². The van der Waals surface area contributed by atoms with E-state index in [-0.39, 0.29) is 43.0 Å². The Morgan fingerprint density at radius 3 is 2.42 bits per heavy atom. The van der Waals surface area contributed by atoms with E-state index < -0.39 is 92.7 Å². The second-order valence-corrected chi connectivity index (χ2v) is 20.1. The van der Waals surface area contributed by atoms with Gasteiger partial charge in [-0.3, -0.25) is 19.1 Å². The third-order valence-corrected chi connectivity index (χ3v) is 14.3. The van der Waals surface area contributed by atoms with Crippen LogP contribution < -0.4 is 29.6 Å². The van der Waals surface area contributed by atoms with Crippen molar-refractivity contribution in [2.75, 3.05) is 13.7 Å². The number of hydrogen-bond acceptors (Lipinski definition) is 11. The van der Waals surface area contributed by atoms with Gasteiger partial charge in [0.1, 0.15) is 29.5 Å². The highest BCUT2D eigenvalue weighted by atomic mass is 32.2. The van der Waals surface area contributed by atoms with Crippen molar-refractivity contribution in [3.63, 3.8) is 0 Å². The number of sulfonamides is 1. The van der Waals surface area contributed by atoms with E-state index >= 15 is 4.39 Å². The van der Waals surface area contributed by atoms with Crippen molar-refractivity contribution in [2.45, 2.75) is 127 Å². The maximum absolute atomic E-state index is 15.3. The van der Waals surface area contributed by atoms with Crippen molar-refractivity contribution in [2.24, 2.45) is 17.8 Å². The number of nitrogens with one attached hydrogen (secondary N) is 3. The molecule has 0 radical (unpaired) electrons. The SMILES string of the molecule is COc1ccc2c(O[C@@H]3C[C@H]4C(=O)N[C@]5(C(=O)NS(=O)(=O)C6CC6)CC5/C=C\CC[C@@H](C)C[C@@H](C)[C@H](NC(=O)O[C@H](C)C(F)(F)F)C(=O)N4C3)nc(-c3ccc(OC(C)C)c(F)c3)cc2c1. The fourth-order valence-electron chi connectivity index (χ4n) is 8.62. The topological polar surface area (TPSA) is 192 Å². The van der Waals surface area contributed by atoms with Gasteiger partial charge in [0.15, 0.2) is 17.7 Å². The van der Waals surface area contributed by atoms with Gasteiger partial charge in [0, 0.05) is 23.3 Å². The zero-order chi connectivity index (χ0) is 47.9. The molecule has 3 fully saturated rings. The van der Waals surface area contributed by atoms with Crippen LogP contribution in [-0.2, 0) is 29.1 Å². The number of carbonyl (C=O) groups is 4. The monoisotopic (exact) mass is 945 g/mol. The zero-order valence-electron chi connectivity index (χ0n) is 37.4. The minimum absolute atomic E-state index is 0.0434. The summed E-state index contributed by atoms with van der Waals surface area (Å²) in [6.45, 7) is 7.47. The van der Waals surface area contributed by atoms with Gasteiger partial charge in [-0.25, -0.2) is 22.6 Å². The molecule has 2 aliphatic heterocycles. The normalized spacial score (nSPS) is 27.0. The summed E-state index contributed by atoms with van der Waals surface area (Å²) in [6.07, 6.45) is -4.50. The van der Waals surface area contributed by atoms with Crippen LogP contribution in [0.4, 0.5) is 22.4 Å². The van der Waals surface area contributed by atoms with Crippen molar-refractivity contribution in [3.05, 3.63) is 60.4 Å². The summed E-state index contributed by atoms with van der Waals surface area (Å²) in [7, 11) is -2.54. The number of benzene rings is 2. The average molecular weight is 946 g/mol. The largest absolute Gasteiger partial charge is 0.497 e. The van der Waals surface area contributed by atoms with Crippen LogP contribution in [0.15, 0.2) is 54.6 Å². The molecular formula is C46H55F4N5O10S. The number of allylic oxidation sites excluding steroid dienone is 1. The first-order valence-corrected chi connectivity index (χ1v) is 23.6. The molecule has 20 heteroatoms. The zero-order valence-corrected chi connectivity index (χ0v) is 38.3. The van der Waals surface area contributed by atoms with Gasteiger partial charge >= 0.3 is 12.3 Å². The molecule has 7 rings (SSSR count). The number of methoxy groups -OCH3 is 1. The molecule has 4 aliphatic rings. The predicted octanol–water partition coefficient (Wildman–Crippen LogP) is 6.73. The number of amides is 4. The number of rotatable bonds is 11. The Kier molecular flexibility index (Phi) is 13.8. The number of hydrogen-bond donors (Lipinski definition) is 3. The molecular weight excluding hydrogens is 891 g/mol. The standard InChI is InChI=1S/C46H55F4N5O10S/c1-24(2)63-38-16-11-28(19-35(38)47)36-20-29-18-31(62-6)12-15-34(29)41(51-36)65-32-21-37-40(56)53-45(43(58)54-66(60,61)33-13-14-33)22-30(45)10-8-7-9-25(3)17-26(4)39(42(57)55(37)23-32)52-44(59)64-27(5)46(48,49)50/h8,10-12,15-16,18-20,24-27,30,32-33,37,39H,7,9,13-14,17,21-23H2,1-6H3,(H,52,59)(H,53,56)(H,54,58)/b10-8-/t25-,26-,27-,30?,32-,37+,39+,45-/m1/s1. The Morgan fingerprint density at radius 1 is 1.02 bits per heavy atom. The van der Waals surface area contributed by atoms with Gasteiger partial charge in [0.05, 0.1) is 30.7 Å². The highest BCUT2D eigenvalue weighted by Crippen LogP contribution is 2.46. The fraction of sp³-hybridized carbons (Fsp3) is 0.543. The van der Waals surface area contributed by atoms with E-state index in [0.717, 1.165) is 4.90 Å². The van der Waals surface area contributed by atoms with Crippen LogP contribution in [-0.4, -0.2) is 103 Å². The first kappa shape index (κ1) is 48.3. The van der Waals surface area contributed by atoms with Gasteiger partial charge in [-0.1, -0.05) is 26.0 Å². The summed E-state index contributed by atoms with van der Waals surface area (Å²) in [5.74, 6) is -3.97. The molecule has 3 heterocycles. The van der Waals surface area contributed by atoms with Crippen LogP contribution in [0.25, 0.3) is 22.0 Å².